The molecule has 0 bridgehead atoms. The van der Waals surface area contributed by atoms with Crippen molar-refractivity contribution < 1.29 is 9.50 Å². The Balaban J connectivity index is 1.74. The summed E-state index contributed by atoms with van der Waals surface area (Å²) in [6, 6.07) is 14.9. The van der Waals surface area contributed by atoms with Crippen molar-refractivity contribution in [2.24, 2.45) is 0 Å². The normalized spacial score (nSPS) is 10.8. The topological polar surface area (TPSA) is 73.8 Å². The number of aromatic amines is 1. The number of imidazole rings is 1. The largest absolute Gasteiger partial charge is 0.507 e. The summed E-state index contributed by atoms with van der Waals surface area (Å²) in [6.45, 7) is 0.601. The van der Waals surface area contributed by atoms with Gasteiger partial charge in [-0.15, -0.1) is 0 Å². The Bertz CT molecular complexity index is 1110. The van der Waals surface area contributed by atoms with Crippen LogP contribution < -0.4 is 5.32 Å². The number of hydrogen-bond acceptors (Lipinski definition) is 4. The smallest absolute Gasteiger partial charge is 0.132 e. The Hall–Kier alpha value is -3.38. The maximum atomic E-state index is 14.5. The molecule has 0 spiro atoms. The van der Waals surface area contributed by atoms with Crippen LogP contribution in [0.15, 0.2) is 67.1 Å². The molecule has 5 nitrogen and oxygen atoms in total. The van der Waals surface area contributed by atoms with E-state index in [0.717, 1.165) is 12.1 Å². The van der Waals surface area contributed by atoms with Gasteiger partial charge in [-0.1, -0.05) is 29.8 Å². The van der Waals surface area contributed by atoms with Gasteiger partial charge in [-0.3, -0.25) is 0 Å². The van der Waals surface area contributed by atoms with E-state index >= 15 is 0 Å². The molecule has 0 saturated carbocycles. The Morgan fingerprint density at radius 1 is 1.10 bits per heavy atom. The molecule has 0 unspecified atom stereocenters. The molecule has 7 heteroatoms. The van der Waals surface area contributed by atoms with E-state index < -0.39 is 5.82 Å². The Kier molecular flexibility index (Phi) is 5.44. The van der Waals surface area contributed by atoms with Crippen LogP contribution in [0.3, 0.4) is 0 Å². The molecule has 0 aliphatic heterocycles. The van der Waals surface area contributed by atoms with Crippen LogP contribution >= 0.6 is 11.6 Å². The Morgan fingerprint density at radius 2 is 1.97 bits per heavy atom. The number of benzene rings is 2. The molecule has 0 aliphatic rings. The zero-order valence-electron chi connectivity index (χ0n) is 15.4. The molecule has 0 fully saturated rings. The molecule has 0 saturated heterocycles. The third kappa shape index (κ3) is 4.22. The second-order valence-corrected chi connectivity index (χ2v) is 6.90. The highest BCUT2D eigenvalue weighted by Gasteiger charge is 2.14. The minimum absolute atomic E-state index is 0.0974. The van der Waals surface area contributed by atoms with Crippen molar-refractivity contribution in [2.45, 2.75) is 6.42 Å². The minimum atomic E-state index is -0.421. The highest BCUT2D eigenvalue weighted by molar-refractivity contribution is 6.33. The number of aromatic hydroxyl groups is 1. The van der Waals surface area contributed by atoms with E-state index in [9.17, 15) is 9.50 Å². The SMILES string of the molecule is Oc1ccccc1-c1cc(-c2c(F)cccc2Cl)cc(NCCc2cnc[nH]2)n1. The number of halogens is 2. The fraction of sp³-hybridized carbons (Fsp3) is 0.0909. The van der Waals surface area contributed by atoms with Gasteiger partial charge in [0, 0.05) is 36.0 Å². The van der Waals surface area contributed by atoms with Gasteiger partial charge in [-0.2, -0.15) is 0 Å². The summed E-state index contributed by atoms with van der Waals surface area (Å²) in [4.78, 5) is 11.7. The second kappa shape index (κ2) is 8.32. The van der Waals surface area contributed by atoms with E-state index in [0.29, 0.717) is 39.8 Å². The Labute approximate surface area is 172 Å². The van der Waals surface area contributed by atoms with Crippen molar-refractivity contribution >= 4 is 17.4 Å². The molecule has 2 heterocycles. The van der Waals surface area contributed by atoms with Crippen LogP contribution in [0, 0.1) is 5.82 Å². The van der Waals surface area contributed by atoms with E-state index in [2.05, 4.69) is 20.3 Å². The van der Waals surface area contributed by atoms with Gasteiger partial charge in [0.05, 0.1) is 17.0 Å². The quantitative estimate of drug-likeness (QED) is 0.405. The lowest BCUT2D eigenvalue weighted by molar-refractivity contribution is 0.477. The molecular weight excluding hydrogens is 391 g/mol. The third-order valence-corrected chi connectivity index (χ3v) is 4.83. The fourth-order valence-electron chi connectivity index (χ4n) is 3.11. The number of hydrogen-bond donors (Lipinski definition) is 3. The average molecular weight is 409 g/mol. The molecule has 4 rings (SSSR count). The average Bonchev–Trinajstić information content (AvgIpc) is 3.22. The summed E-state index contributed by atoms with van der Waals surface area (Å²) in [5, 5.41) is 13.8. The number of pyridine rings is 1. The zero-order valence-corrected chi connectivity index (χ0v) is 16.1. The molecule has 0 amide bonds. The number of phenols is 1. The van der Waals surface area contributed by atoms with Gasteiger partial charge in [0.15, 0.2) is 0 Å². The first-order chi connectivity index (χ1) is 14.1. The molecule has 29 heavy (non-hydrogen) atoms. The van der Waals surface area contributed by atoms with Crippen molar-refractivity contribution in [2.75, 3.05) is 11.9 Å². The molecule has 0 radical (unpaired) electrons. The zero-order chi connectivity index (χ0) is 20.2. The van der Waals surface area contributed by atoms with Gasteiger partial charge in [0.1, 0.15) is 17.4 Å². The fourth-order valence-corrected chi connectivity index (χ4v) is 3.39. The third-order valence-electron chi connectivity index (χ3n) is 4.51. The Morgan fingerprint density at radius 3 is 2.72 bits per heavy atom. The van der Waals surface area contributed by atoms with Crippen molar-refractivity contribution in [3.63, 3.8) is 0 Å². The summed E-state index contributed by atoms with van der Waals surface area (Å²) in [7, 11) is 0. The number of rotatable bonds is 6. The maximum absolute atomic E-state index is 14.5. The van der Waals surface area contributed by atoms with Crippen LogP contribution in [-0.4, -0.2) is 26.6 Å². The van der Waals surface area contributed by atoms with Crippen LogP contribution in [0.1, 0.15) is 5.69 Å². The summed E-state index contributed by atoms with van der Waals surface area (Å²) in [6.07, 6.45) is 4.11. The van der Waals surface area contributed by atoms with Crippen LogP contribution in [-0.2, 0) is 6.42 Å². The number of para-hydroxylation sites is 1. The standard InChI is InChI=1S/C22H18ClFN4O/c23-17-5-3-6-18(24)22(17)14-10-19(16-4-1-2-7-20(16)29)28-21(11-14)26-9-8-15-12-25-13-27-15/h1-7,10-13,29H,8-9H2,(H,25,27)(H,26,28). The van der Waals surface area contributed by atoms with Crippen molar-refractivity contribution in [1.29, 1.82) is 0 Å². The van der Waals surface area contributed by atoms with Crippen molar-refractivity contribution in [1.82, 2.24) is 15.0 Å². The summed E-state index contributed by atoms with van der Waals surface area (Å²) in [5.41, 5.74) is 2.93. The number of phenolic OH excluding ortho intramolecular Hbond substituents is 1. The van der Waals surface area contributed by atoms with E-state index in [-0.39, 0.29) is 5.75 Å². The number of H-pyrrole nitrogens is 1. The number of aromatic nitrogens is 3. The van der Waals surface area contributed by atoms with Crippen LogP contribution in [0.4, 0.5) is 10.2 Å². The molecule has 2 aromatic heterocycles. The lowest BCUT2D eigenvalue weighted by atomic mass is 10.0. The predicted molar refractivity (Wildman–Crippen MR) is 113 cm³/mol. The predicted octanol–water partition coefficient (Wildman–Crippen LogP) is 5.29. The molecule has 0 aliphatic carbocycles. The van der Waals surface area contributed by atoms with E-state index in [1.54, 1.807) is 55.0 Å². The first-order valence-electron chi connectivity index (χ1n) is 9.08. The lowest BCUT2D eigenvalue weighted by Crippen LogP contribution is -2.07. The highest BCUT2D eigenvalue weighted by Crippen LogP contribution is 2.36. The molecule has 2 aromatic carbocycles. The lowest BCUT2D eigenvalue weighted by Gasteiger charge is -2.13. The molecular formula is C22H18ClFN4O. The first-order valence-corrected chi connectivity index (χ1v) is 9.45. The van der Waals surface area contributed by atoms with E-state index in [4.69, 9.17) is 11.6 Å². The number of anilines is 1. The van der Waals surface area contributed by atoms with Crippen molar-refractivity contribution in [3.05, 3.63) is 83.7 Å². The highest BCUT2D eigenvalue weighted by atomic mass is 35.5. The van der Waals surface area contributed by atoms with Gasteiger partial charge < -0.3 is 15.4 Å². The van der Waals surface area contributed by atoms with Gasteiger partial charge >= 0.3 is 0 Å². The van der Waals surface area contributed by atoms with Gasteiger partial charge in [0.25, 0.3) is 0 Å². The van der Waals surface area contributed by atoms with Crippen molar-refractivity contribution in [3.8, 4) is 28.1 Å². The molecule has 146 valence electrons. The van der Waals surface area contributed by atoms with Gasteiger partial charge in [0.2, 0.25) is 0 Å². The van der Waals surface area contributed by atoms with Crippen LogP contribution in [0.25, 0.3) is 22.4 Å². The van der Waals surface area contributed by atoms with Crippen LogP contribution in [0.5, 0.6) is 5.75 Å². The summed E-state index contributed by atoms with van der Waals surface area (Å²) >= 11 is 6.28. The van der Waals surface area contributed by atoms with Gasteiger partial charge in [-0.25, -0.2) is 14.4 Å². The number of nitrogens with zero attached hydrogens (tertiary/aromatic N) is 2. The summed E-state index contributed by atoms with van der Waals surface area (Å²) < 4.78 is 14.5. The second-order valence-electron chi connectivity index (χ2n) is 6.49. The van der Waals surface area contributed by atoms with Crippen LogP contribution in [0.2, 0.25) is 5.02 Å². The first kappa shape index (κ1) is 19.0. The molecule has 4 aromatic rings. The summed E-state index contributed by atoms with van der Waals surface area (Å²) in [5.74, 6) is 0.232. The minimum Gasteiger partial charge on any atom is -0.507 e. The van der Waals surface area contributed by atoms with E-state index in [1.165, 1.54) is 6.07 Å². The van der Waals surface area contributed by atoms with Gasteiger partial charge in [-0.05, 0) is 42.0 Å². The number of nitrogens with one attached hydrogen (secondary N) is 2. The maximum Gasteiger partial charge on any atom is 0.132 e. The van der Waals surface area contributed by atoms with E-state index in [1.807, 2.05) is 6.07 Å². The molecule has 3 N–H and O–H groups in total. The molecule has 0 atom stereocenters. The monoisotopic (exact) mass is 408 g/mol.